The van der Waals surface area contributed by atoms with Crippen LogP contribution in [-0.2, 0) is 0 Å². The SMILES string of the molecule is Cc1ccc(-n2cnc(C(=O)O)c2)c(C#N)c1. The van der Waals surface area contributed by atoms with Crippen LogP contribution in [0.1, 0.15) is 21.6 Å². The van der Waals surface area contributed by atoms with Crippen molar-refractivity contribution in [3.05, 3.63) is 47.5 Å². The minimum Gasteiger partial charge on any atom is -0.476 e. The summed E-state index contributed by atoms with van der Waals surface area (Å²) in [6.45, 7) is 1.89. The van der Waals surface area contributed by atoms with Crippen LogP contribution in [0, 0.1) is 18.3 Å². The maximum atomic E-state index is 10.7. The van der Waals surface area contributed by atoms with Gasteiger partial charge in [0.2, 0.25) is 0 Å². The summed E-state index contributed by atoms with van der Waals surface area (Å²) in [5, 5.41) is 17.8. The molecule has 1 aromatic heterocycles. The second kappa shape index (κ2) is 4.10. The van der Waals surface area contributed by atoms with Crippen LogP contribution in [0.25, 0.3) is 5.69 Å². The highest BCUT2D eigenvalue weighted by Gasteiger charge is 2.10. The first-order valence-corrected chi connectivity index (χ1v) is 4.90. The number of carbonyl (C=O) groups is 1. The first-order valence-electron chi connectivity index (χ1n) is 4.90. The average molecular weight is 227 g/mol. The number of aromatic nitrogens is 2. The molecule has 1 heterocycles. The highest BCUT2D eigenvalue weighted by Crippen LogP contribution is 2.16. The van der Waals surface area contributed by atoms with E-state index in [1.165, 1.54) is 17.1 Å². The van der Waals surface area contributed by atoms with Gasteiger partial charge in [-0.1, -0.05) is 6.07 Å². The van der Waals surface area contributed by atoms with Crippen molar-refractivity contribution in [1.29, 1.82) is 5.26 Å². The van der Waals surface area contributed by atoms with Gasteiger partial charge in [-0.3, -0.25) is 0 Å². The van der Waals surface area contributed by atoms with Crippen LogP contribution in [0.3, 0.4) is 0 Å². The standard InChI is InChI=1S/C12H9N3O2/c1-8-2-3-11(9(4-8)5-13)15-6-10(12(16)17)14-7-15/h2-4,6-7H,1H3,(H,16,17). The Morgan fingerprint density at radius 1 is 1.53 bits per heavy atom. The molecule has 1 aromatic carbocycles. The van der Waals surface area contributed by atoms with E-state index in [2.05, 4.69) is 11.1 Å². The average Bonchev–Trinajstić information content (AvgIpc) is 2.78. The molecule has 2 aromatic rings. The number of imidazole rings is 1. The third kappa shape index (κ3) is 2.01. The predicted octanol–water partition coefficient (Wildman–Crippen LogP) is 1.75. The summed E-state index contributed by atoms with van der Waals surface area (Å²) in [7, 11) is 0. The highest BCUT2D eigenvalue weighted by atomic mass is 16.4. The van der Waals surface area contributed by atoms with E-state index in [-0.39, 0.29) is 5.69 Å². The van der Waals surface area contributed by atoms with E-state index >= 15 is 0 Å². The quantitative estimate of drug-likeness (QED) is 0.847. The van der Waals surface area contributed by atoms with Crippen LogP contribution in [0.5, 0.6) is 0 Å². The Hall–Kier alpha value is -2.61. The molecular weight excluding hydrogens is 218 g/mol. The molecule has 1 N–H and O–H groups in total. The topological polar surface area (TPSA) is 78.9 Å². The van der Waals surface area contributed by atoms with E-state index in [1.54, 1.807) is 12.1 Å². The zero-order chi connectivity index (χ0) is 12.4. The molecule has 0 spiro atoms. The lowest BCUT2D eigenvalue weighted by Crippen LogP contribution is -1.97. The molecule has 5 nitrogen and oxygen atoms in total. The van der Waals surface area contributed by atoms with Gasteiger partial charge in [-0.15, -0.1) is 0 Å². The molecular formula is C12H9N3O2. The Kier molecular flexibility index (Phi) is 2.63. The molecule has 0 saturated carbocycles. The Morgan fingerprint density at radius 2 is 2.29 bits per heavy atom. The van der Waals surface area contributed by atoms with Crippen molar-refractivity contribution in [2.45, 2.75) is 6.92 Å². The number of nitrogens with zero attached hydrogens (tertiary/aromatic N) is 3. The zero-order valence-corrected chi connectivity index (χ0v) is 9.08. The Balaban J connectivity index is 2.53. The minimum atomic E-state index is -1.09. The maximum Gasteiger partial charge on any atom is 0.356 e. The zero-order valence-electron chi connectivity index (χ0n) is 9.08. The van der Waals surface area contributed by atoms with Crippen molar-refractivity contribution in [1.82, 2.24) is 9.55 Å². The van der Waals surface area contributed by atoms with Gasteiger partial charge in [0, 0.05) is 6.20 Å². The minimum absolute atomic E-state index is 0.0468. The van der Waals surface area contributed by atoms with Gasteiger partial charge < -0.3 is 9.67 Å². The number of hydrogen-bond donors (Lipinski definition) is 1. The number of hydrogen-bond acceptors (Lipinski definition) is 3. The molecule has 0 amide bonds. The smallest absolute Gasteiger partial charge is 0.356 e. The van der Waals surface area contributed by atoms with E-state index in [0.717, 1.165) is 5.56 Å². The molecule has 0 atom stereocenters. The normalized spacial score (nSPS) is 9.88. The molecule has 84 valence electrons. The van der Waals surface area contributed by atoms with Gasteiger partial charge >= 0.3 is 5.97 Å². The molecule has 0 bridgehead atoms. The van der Waals surface area contributed by atoms with Crippen molar-refractivity contribution >= 4 is 5.97 Å². The Morgan fingerprint density at radius 3 is 2.88 bits per heavy atom. The summed E-state index contributed by atoms with van der Waals surface area (Å²) < 4.78 is 1.53. The van der Waals surface area contributed by atoms with E-state index in [1.807, 2.05) is 13.0 Å². The number of carboxylic acids is 1. The number of rotatable bonds is 2. The molecule has 17 heavy (non-hydrogen) atoms. The number of aromatic carboxylic acids is 1. The lowest BCUT2D eigenvalue weighted by Gasteiger charge is -2.04. The fourth-order valence-corrected chi connectivity index (χ4v) is 1.53. The maximum absolute atomic E-state index is 10.7. The first-order chi connectivity index (χ1) is 8.11. The Labute approximate surface area is 97.6 Å². The molecule has 0 aliphatic heterocycles. The molecule has 0 radical (unpaired) electrons. The summed E-state index contributed by atoms with van der Waals surface area (Å²) >= 11 is 0. The van der Waals surface area contributed by atoms with Gasteiger partial charge in [-0.05, 0) is 24.6 Å². The summed E-state index contributed by atoms with van der Waals surface area (Å²) in [4.78, 5) is 14.5. The fourth-order valence-electron chi connectivity index (χ4n) is 1.53. The third-order valence-corrected chi connectivity index (χ3v) is 2.35. The van der Waals surface area contributed by atoms with Crippen molar-refractivity contribution in [2.24, 2.45) is 0 Å². The number of benzene rings is 1. The van der Waals surface area contributed by atoms with Gasteiger partial charge in [-0.2, -0.15) is 5.26 Å². The summed E-state index contributed by atoms with van der Waals surface area (Å²) in [5.41, 5.74) is 2.04. The molecule has 0 aliphatic rings. The van der Waals surface area contributed by atoms with Gasteiger partial charge in [0.05, 0.1) is 11.3 Å². The van der Waals surface area contributed by atoms with E-state index in [4.69, 9.17) is 10.4 Å². The van der Waals surface area contributed by atoms with E-state index < -0.39 is 5.97 Å². The molecule has 2 rings (SSSR count). The van der Waals surface area contributed by atoms with Crippen LogP contribution in [0.4, 0.5) is 0 Å². The summed E-state index contributed by atoms with van der Waals surface area (Å²) in [5.74, 6) is -1.09. The summed E-state index contributed by atoms with van der Waals surface area (Å²) in [6.07, 6.45) is 2.77. The molecule has 0 fully saturated rings. The van der Waals surface area contributed by atoms with Gasteiger partial charge in [0.1, 0.15) is 12.4 Å². The van der Waals surface area contributed by atoms with Gasteiger partial charge in [-0.25, -0.2) is 9.78 Å². The van der Waals surface area contributed by atoms with Gasteiger partial charge in [0.25, 0.3) is 0 Å². The number of aryl methyl sites for hydroxylation is 1. The van der Waals surface area contributed by atoms with Crippen molar-refractivity contribution in [2.75, 3.05) is 0 Å². The molecule has 0 saturated heterocycles. The summed E-state index contributed by atoms with van der Waals surface area (Å²) in [6, 6.07) is 7.45. The van der Waals surface area contributed by atoms with Gasteiger partial charge in [0.15, 0.2) is 5.69 Å². The lowest BCUT2D eigenvalue weighted by molar-refractivity contribution is 0.0691. The molecule has 0 aliphatic carbocycles. The van der Waals surface area contributed by atoms with E-state index in [0.29, 0.717) is 11.3 Å². The van der Waals surface area contributed by atoms with Crippen LogP contribution in [0.2, 0.25) is 0 Å². The van der Waals surface area contributed by atoms with Crippen molar-refractivity contribution in [3.63, 3.8) is 0 Å². The second-order valence-corrected chi connectivity index (χ2v) is 3.60. The third-order valence-electron chi connectivity index (χ3n) is 2.35. The van der Waals surface area contributed by atoms with E-state index in [9.17, 15) is 4.79 Å². The van der Waals surface area contributed by atoms with Crippen molar-refractivity contribution < 1.29 is 9.90 Å². The van der Waals surface area contributed by atoms with Crippen LogP contribution < -0.4 is 0 Å². The largest absolute Gasteiger partial charge is 0.476 e. The Bertz CT molecular complexity index is 623. The number of carboxylic acid groups (broad SMARTS) is 1. The van der Waals surface area contributed by atoms with Crippen LogP contribution in [0.15, 0.2) is 30.7 Å². The van der Waals surface area contributed by atoms with Crippen LogP contribution in [-0.4, -0.2) is 20.6 Å². The number of nitriles is 1. The predicted molar refractivity (Wildman–Crippen MR) is 60.0 cm³/mol. The molecule has 5 heteroatoms. The molecule has 0 unspecified atom stereocenters. The van der Waals surface area contributed by atoms with Crippen molar-refractivity contribution in [3.8, 4) is 11.8 Å². The van der Waals surface area contributed by atoms with Crippen LogP contribution >= 0.6 is 0 Å². The highest BCUT2D eigenvalue weighted by molar-refractivity contribution is 5.85. The second-order valence-electron chi connectivity index (χ2n) is 3.60. The first kappa shape index (κ1) is 10.9. The lowest BCUT2D eigenvalue weighted by atomic mass is 10.1. The fraction of sp³-hybridized carbons (Fsp3) is 0.0833. The monoisotopic (exact) mass is 227 g/mol.